The van der Waals surface area contributed by atoms with Gasteiger partial charge in [0.15, 0.2) is 0 Å². The van der Waals surface area contributed by atoms with Gasteiger partial charge in [-0.05, 0) is 94.1 Å². The quantitative estimate of drug-likeness (QED) is 0.625. The van der Waals surface area contributed by atoms with Crippen molar-refractivity contribution in [1.82, 2.24) is 14.5 Å². The smallest absolute Gasteiger partial charge is 0.362 e. The minimum absolute atomic E-state index is 0.0732. The maximum absolute atomic E-state index is 13.6. The Morgan fingerprint density at radius 3 is 2.29 bits per heavy atom. The van der Waals surface area contributed by atoms with Crippen LogP contribution < -0.4 is 5.56 Å². The number of hydrogen-bond acceptors (Lipinski definition) is 5. The molecule has 2 aliphatic heterocycles. The number of fused-ring (bicyclic) bond motifs is 3. The fraction of sp³-hybridized carbons (Fsp3) is 0.679. The molecule has 7 rings (SSSR count). The first kappa shape index (κ1) is 21.1. The number of esters is 1. The lowest BCUT2D eigenvalue weighted by Crippen LogP contribution is -2.63. The Morgan fingerprint density at radius 1 is 0.941 bits per heavy atom. The van der Waals surface area contributed by atoms with Crippen molar-refractivity contribution in [2.24, 2.45) is 23.7 Å². The Balaban J connectivity index is 1.22. The SMILES string of the molecule is CCOC(=O)c1nc2ccccc2n([C@H]2C[C@H]3CCC[C@@H](C2)N3[C@@H]2C[C@H]3C[C@H]4C[C@@H](C2)C43)c1=O. The monoisotopic (exact) mass is 461 g/mol. The third kappa shape index (κ3) is 3.06. The molecule has 6 heteroatoms. The highest BCUT2D eigenvalue weighted by Crippen LogP contribution is 2.64. The van der Waals surface area contributed by atoms with E-state index in [-0.39, 0.29) is 23.9 Å². The summed E-state index contributed by atoms with van der Waals surface area (Å²) in [5.41, 5.74) is 1.17. The van der Waals surface area contributed by atoms with E-state index in [1.54, 1.807) is 6.92 Å². The highest BCUT2D eigenvalue weighted by molar-refractivity contribution is 5.89. The molecular weight excluding hydrogens is 426 g/mol. The third-order valence-electron chi connectivity index (χ3n) is 10.1. The Morgan fingerprint density at radius 2 is 1.62 bits per heavy atom. The number of benzene rings is 1. The number of para-hydroxylation sites is 2. The summed E-state index contributed by atoms with van der Waals surface area (Å²) in [6.45, 7) is 2.00. The molecule has 0 amide bonds. The van der Waals surface area contributed by atoms with E-state index in [4.69, 9.17) is 4.74 Å². The summed E-state index contributed by atoms with van der Waals surface area (Å²) < 4.78 is 7.09. The Hall–Kier alpha value is -2.21. The van der Waals surface area contributed by atoms with Gasteiger partial charge in [0.1, 0.15) is 0 Å². The highest BCUT2D eigenvalue weighted by atomic mass is 16.5. The van der Waals surface area contributed by atoms with E-state index < -0.39 is 5.97 Å². The van der Waals surface area contributed by atoms with Crippen LogP contribution in [0, 0.1) is 23.7 Å². The van der Waals surface area contributed by atoms with Gasteiger partial charge in [0.05, 0.1) is 17.6 Å². The minimum atomic E-state index is -0.610. The molecule has 1 aromatic heterocycles. The predicted molar refractivity (Wildman–Crippen MR) is 130 cm³/mol. The van der Waals surface area contributed by atoms with Crippen molar-refractivity contribution in [3.63, 3.8) is 0 Å². The van der Waals surface area contributed by atoms with E-state index in [0.717, 1.165) is 48.1 Å². The van der Waals surface area contributed by atoms with E-state index in [1.165, 1.54) is 44.9 Å². The summed E-state index contributed by atoms with van der Waals surface area (Å²) >= 11 is 0. The third-order valence-corrected chi connectivity index (χ3v) is 10.1. The number of carbonyl (C=O) groups excluding carboxylic acids is 1. The summed E-state index contributed by atoms with van der Waals surface area (Å²) in [4.78, 5) is 33.6. The molecule has 2 saturated heterocycles. The second kappa shape index (κ2) is 7.91. The maximum atomic E-state index is 13.6. The Bertz CT molecular complexity index is 1160. The van der Waals surface area contributed by atoms with Crippen molar-refractivity contribution in [2.75, 3.05) is 6.61 Å². The molecule has 3 aliphatic carbocycles. The zero-order chi connectivity index (χ0) is 23.0. The van der Waals surface area contributed by atoms with Crippen molar-refractivity contribution in [2.45, 2.75) is 88.9 Å². The summed E-state index contributed by atoms with van der Waals surface area (Å²) in [6.07, 6.45) is 11.5. The number of hydrogen-bond donors (Lipinski definition) is 0. The van der Waals surface area contributed by atoms with Gasteiger partial charge < -0.3 is 9.30 Å². The lowest BCUT2D eigenvalue weighted by atomic mass is 9.43. The zero-order valence-corrected chi connectivity index (χ0v) is 20.1. The predicted octanol–water partition coefficient (Wildman–Crippen LogP) is 4.57. The molecule has 1 aromatic carbocycles. The average molecular weight is 462 g/mol. The summed E-state index contributed by atoms with van der Waals surface area (Å²) in [5.74, 6) is 3.50. The van der Waals surface area contributed by atoms with Gasteiger partial charge in [0.2, 0.25) is 5.69 Å². The topological polar surface area (TPSA) is 64.4 Å². The van der Waals surface area contributed by atoms with Crippen LogP contribution in [0.3, 0.4) is 0 Å². The van der Waals surface area contributed by atoms with E-state index in [1.807, 2.05) is 28.8 Å². The van der Waals surface area contributed by atoms with E-state index >= 15 is 0 Å². The van der Waals surface area contributed by atoms with Crippen LogP contribution in [-0.2, 0) is 4.74 Å². The van der Waals surface area contributed by atoms with Crippen LogP contribution in [0.15, 0.2) is 29.1 Å². The molecule has 2 aromatic rings. The van der Waals surface area contributed by atoms with Crippen LogP contribution in [-0.4, -0.2) is 45.2 Å². The zero-order valence-electron chi connectivity index (χ0n) is 20.1. The van der Waals surface area contributed by atoms with E-state index in [0.29, 0.717) is 17.6 Å². The number of ether oxygens (including phenoxy) is 1. The van der Waals surface area contributed by atoms with Gasteiger partial charge >= 0.3 is 5.97 Å². The number of piperidine rings is 2. The first-order chi connectivity index (χ1) is 16.6. The fourth-order valence-electron chi connectivity index (χ4n) is 8.86. The van der Waals surface area contributed by atoms with Gasteiger partial charge in [-0.1, -0.05) is 18.6 Å². The Kier molecular flexibility index (Phi) is 4.91. The standard InChI is InChI=1S/C28H35N3O3/c1-2-34-28(33)26-27(32)31(24-9-4-3-8-23(24)29-26)22-14-19-6-5-7-20(15-22)30(19)21-12-17-10-16-11-18(13-21)25(16)17/h3-4,8-9,16-22,25H,2,5-7,10-15H2,1H3/t16-,17+,18-,19-,20+,21+,22+,25?. The summed E-state index contributed by atoms with van der Waals surface area (Å²) in [5, 5.41) is 0. The summed E-state index contributed by atoms with van der Waals surface area (Å²) in [7, 11) is 0. The van der Waals surface area contributed by atoms with E-state index in [2.05, 4.69) is 9.88 Å². The van der Waals surface area contributed by atoms with E-state index in [9.17, 15) is 9.59 Å². The van der Waals surface area contributed by atoms with Gasteiger partial charge in [0.25, 0.3) is 5.56 Å². The number of aromatic nitrogens is 2. The van der Waals surface area contributed by atoms with Crippen LogP contribution in [0.4, 0.5) is 0 Å². The van der Waals surface area contributed by atoms with Crippen molar-refractivity contribution in [3.8, 4) is 0 Å². The molecular formula is C28H35N3O3. The minimum Gasteiger partial charge on any atom is -0.461 e. The number of nitrogens with zero attached hydrogens (tertiary/aromatic N) is 3. The van der Waals surface area contributed by atoms with Crippen molar-refractivity contribution in [1.29, 1.82) is 0 Å². The first-order valence-electron chi connectivity index (χ1n) is 13.6. The molecule has 0 spiro atoms. The largest absolute Gasteiger partial charge is 0.461 e. The van der Waals surface area contributed by atoms with Gasteiger partial charge in [0, 0.05) is 24.2 Å². The first-order valence-corrected chi connectivity index (χ1v) is 13.6. The van der Waals surface area contributed by atoms with Crippen molar-refractivity contribution >= 4 is 17.0 Å². The van der Waals surface area contributed by atoms with Crippen molar-refractivity contribution in [3.05, 3.63) is 40.3 Å². The second-order valence-corrected chi connectivity index (χ2v) is 11.6. The average Bonchev–Trinajstić information content (AvgIpc) is 2.79. The molecule has 0 N–H and O–H groups in total. The van der Waals surface area contributed by atoms with Crippen LogP contribution in [0.25, 0.3) is 11.0 Å². The van der Waals surface area contributed by atoms with Crippen molar-refractivity contribution < 1.29 is 9.53 Å². The molecule has 6 nitrogen and oxygen atoms in total. The van der Waals surface area contributed by atoms with Gasteiger partial charge in [-0.25, -0.2) is 9.78 Å². The van der Waals surface area contributed by atoms with Gasteiger partial charge in [-0.15, -0.1) is 0 Å². The van der Waals surface area contributed by atoms with Crippen LogP contribution in [0.5, 0.6) is 0 Å². The highest BCUT2D eigenvalue weighted by Gasteiger charge is 2.58. The lowest BCUT2D eigenvalue weighted by Gasteiger charge is -2.66. The van der Waals surface area contributed by atoms with Gasteiger partial charge in [-0.3, -0.25) is 9.69 Å². The van der Waals surface area contributed by atoms with Crippen LogP contribution in [0.2, 0.25) is 0 Å². The molecule has 2 bridgehead atoms. The molecule has 5 aliphatic rings. The molecule has 180 valence electrons. The molecule has 5 fully saturated rings. The van der Waals surface area contributed by atoms with Crippen LogP contribution >= 0.6 is 0 Å². The lowest BCUT2D eigenvalue weighted by molar-refractivity contribution is -0.159. The molecule has 1 unspecified atom stereocenters. The van der Waals surface area contributed by atoms with Gasteiger partial charge in [-0.2, -0.15) is 0 Å². The van der Waals surface area contributed by atoms with Crippen LogP contribution in [0.1, 0.15) is 81.2 Å². The molecule has 3 heterocycles. The Labute approximate surface area is 200 Å². The number of rotatable bonds is 4. The molecule has 0 radical (unpaired) electrons. The normalized spacial score (nSPS) is 38.5. The molecule has 8 atom stereocenters. The maximum Gasteiger partial charge on any atom is 0.362 e. The molecule has 34 heavy (non-hydrogen) atoms. The molecule has 3 saturated carbocycles. The number of carbonyl (C=O) groups is 1. The second-order valence-electron chi connectivity index (χ2n) is 11.6. The summed E-state index contributed by atoms with van der Waals surface area (Å²) in [6, 6.07) is 9.68. The fourth-order valence-corrected chi connectivity index (χ4v) is 8.86.